The van der Waals surface area contributed by atoms with Gasteiger partial charge in [0.15, 0.2) is 11.6 Å². The molecule has 1 aliphatic carbocycles. The van der Waals surface area contributed by atoms with Crippen LogP contribution in [0.1, 0.15) is 25.7 Å². The fourth-order valence-corrected chi connectivity index (χ4v) is 3.83. The number of para-hydroxylation sites is 1. The van der Waals surface area contributed by atoms with Crippen LogP contribution in [0, 0.1) is 0 Å². The van der Waals surface area contributed by atoms with Crippen molar-refractivity contribution in [1.29, 1.82) is 0 Å². The van der Waals surface area contributed by atoms with E-state index >= 15 is 0 Å². The number of piperazine rings is 1. The van der Waals surface area contributed by atoms with Gasteiger partial charge in [0.25, 0.3) is 0 Å². The number of hydrogen-bond donors (Lipinski definition) is 2. The van der Waals surface area contributed by atoms with Gasteiger partial charge in [0.05, 0.1) is 0 Å². The van der Waals surface area contributed by atoms with Gasteiger partial charge in [0.2, 0.25) is 0 Å². The first-order valence-electron chi connectivity index (χ1n) is 9.23. The summed E-state index contributed by atoms with van der Waals surface area (Å²) in [5.41, 5.74) is 8.36. The number of aromatic nitrogens is 2. The Labute approximate surface area is 149 Å². The lowest BCUT2D eigenvalue weighted by atomic mass is 10.2. The van der Waals surface area contributed by atoms with Crippen molar-refractivity contribution in [2.45, 2.75) is 31.7 Å². The lowest BCUT2D eigenvalue weighted by molar-refractivity contribution is 0.647. The van der Waals surface area contributed by atoms with Crippen LogP contribution in [0.25, 0.3) is 0 Å². The molecule has 0 unspecified atom stereocenters. The molecule has 1 aliphatic heterocycles. The Hall–Kier alpha value is -2.50. The summed E-state index contributed by atoms with van der Waals surface area (Å²) < 4.78 is 0. The average Bonchev–Trinajstić information content (AvgIpc) is 3.18. The van der Waals surface area contributed by atoms with Crippen molar-refractivity contribution in [2.75, 3.05) is 47.0 Å². The van der Waals surface area contributed by atoms with E-state index in [9.17, 15) is 0 Å². The maximum Gasteiger partial charge on any atom is 0.157 e. The van der Waals surface area contributed by atoms with Crippen LogP contribution < -0.4 is 20.9 Å². The molecule has 2 aromatic rings. The minimum absolute atomic E-state index is 0.500. The zero-order chi connectivity index (χ0) is 17.1. The first kappa shape index (κ1) is 16.0. The van der Waals surface area contributed by atoms with Crippen molar-refractivity contribution in [2.24, 2.45) is 0 Å². The first-order valence-corrected chi connectivity index (χ1v) is 9.23. The second-order valence-electron chi connectivity index (χ2n) is 6.89. The van der Waals surface area contributed by atoms with Gasteiger partial charge in [-0.3, -0.25) is 0 Å². The maximum atomic E-state index is 6.40. The van der Waals surface area contributed by atoms with Crippen LogP contribution in [0.2, 0.25) is 0 Å². The molecule has 25 heavy (non-hydrogen) atoms. The molecule has 1 saturated heterocycles. The molecule has 2 aliphatic rings. The number of nitrogens with two attached hydrogens (primary N) is 1. The summed E-state index contributed by atoms with van der Waals surface area (Å²) in [6, 6.07) is 11.1. The summed E-state index contributed by atoms with van der Waals surface area (Å²) >= 11 is 0. The third-order valence-corrected chi connectivity index (χ3v) is 5.26. The van der Waals surface area contributed by atoms with Gasteiger partial charge in [0.1, 0.15) is 12.0 Å². The second kappa shape index (κ2) is 7.17. The van der Waals surface area contributed by atoms with Crippen LogP contribution >= 0.6 is 0 Å². The Balaban J connectivity index is 1.44. The molecule has 132 valence electrons. The monoisotopic (exact) mass is 338 g/mol. The van der Waals surface area contributed by atoms with Crippen molar-refractivity contribution in [1.82, 2.24) is 9.97 Å². The molecule has 6 heteroatoms. The van der Waals surface area contributed by atoms with Crippen molar-refractivity contribution in [3.05, 3.63) is 36.7 Å². The van der Waals surface area contributed by atoms with Crippen LogP contribution in [-0.2, 0) is 0 Å². The van der Waals surface area contributed by atoms with Crippen LogP contribution in [-0.4, -0.2) is 42.2 Å². The molecule has 1 saturated carbocycles. The minimum atomic E-state index is 0.500. The van der Waals surface area contributed by atoms with Crippen LogP contribution in [0.5, 0.6) is 0 Å². The summed E-state index contributed by atoms with van der Waals surface area (Å²) in [6.07, 6.45) is 6.61. The highest BCUT2D eigenvalue weighted by Gasteiger charge is 2.23. The van der Waals surface area contributed by atoms with Gasteiger partial charge < -0.3 is 20.9 Å². The molecule has 0 amide bonds. The van der Waals surface area contributed by atoms with E-state index in [2.05, 4.69) is 55.4 Å². The highest BCUT2D eigenvalue weighted by Crippen LogP contribution is 2.30. The van der Waals surface area contributed by atoms with Gasteiger partial charge in [0, 0.05) is 37.9 Å². The van der Waals surface area contributed by atoms with E-state index in [-0.39, 0.29) is 0 Å². The molecule has 0 atom stereocenters. The number of nitrogen functional groups attached to an aromatic ring is 1. The van der Waals surface area contributed by atoms with Gasteiger partial charge in [-0.15, -0.1) is 0 Å². The topological polar surface area (TPSA) is 70.3 Å². The smallest absolute Gasteiger partial charge is 0.157 e. The number of nitrogens with zero attached hydrogens (tertiary/aromatic N) is 4. The van der Waals surface area contributed by atoms with E-state index in [0.717, 1.165) is 37.8 Å². The molecular formula is C19H26N6. The predicted molar refractivity (Wildman–Crippen MR) is 103 cm³/mol. The van der Waals surface area contributed by atoms with Crippen LogP contribution in [0.3, 0.4) is 0 Å². The van der Waals surface area contributed by atoms with Crippen molar-refractivity contribution >= 4 is 23.0 Å². The van der Waals surface area contributed by atoms with Crippen molar-refractivity contribution < 1.29 is 0 Å². The lowest BCUT2D eigenvalue weighted by Gasteiger charge is -2.37. The zero-order valence-electron chi connectivity index (χ0n) is 14.6. The lowest BCUT2D eigenvalue weighted by Crippen LogP contribution is -2.47. The van der Waals surface area contributed by atoms with Gasteiger partial charge in [-0.25, -0.2) is 9.97 Å². The molecule has 0 spiro atoms. The number of benzene rings is 1. The van der Waals surface area contributed by atoms with Gasteiger partial charge in [-0.05, 0) is 25.0 Å². The number of hydrogen-bond acceptors (Lipinski definition) is 6. The molecular weight excluding hydrogens is 312 g/mol. The van der Waals surface area contributed by atoms with Crippen LogP contribution in [0.4, 0.5) is 23.0 Å². The summed E-state index contributed by atoms with van der Waals surface area (Å²) in [6.45, 7) is 3.77. The average molecular weight is 338 g/mol. The molecule has 1 aromatic heterocycles. The fraction of sp³-hybridized carbons (Fsp3) is 0.474. The maximum absolute atomic E-state index is 6.40. The van der Waals surface area contributed by atoms with Crippen molar-refractivity contribution in [3.63, 3.8) is 0 Å². The molecule has 4 rings (SSSR count). The highest BCUT2D eigenvalue weighted by molar-refractivity contribution is 5.75. The fourth-order valence-electron chi connectivity index (χ4n) is 3.83. The summed E-state index contributed by atoms with van der Waals surface area (Å²) in [7, 11) is 0. The summed E-state index contributed by atoms with van der Waals surface area (Å²) in [5, 5.41) is 3.51. The van der Waals surface area contributed by atoms with Crippen molar-refractivity contribution in [3.8, 4) is 0 Å². The normalized spacial score (nSPS) is 18.6. The Morgan fingerprint density at radius 2 is 1.60 bits per heavy atom. The Morgan fingerprint density at radius 3 is 2.32 bits per heavy atom. The third kappa shape index (κ3) is 3.48. The Morgan fingerprint density at radius 1 is 0.920 bits per heavy atom. The van der Waals surface area contributed by atoms with E-state index < -0.39 is 0 Å². The molecule has 1 aromatic carbocycles. The third-order valence-electron chi connectivity index (χ3n) is 5.26. The number of rotatable bonds is 4. The van der Waals surface area contributed by atoms with Gasteiger partial charge in [-0.2, -0.15) is 0 Å². The van der Waals surface area contributed by atoms with E-state index in [1.165, 1.54) is 31.4 Å². The molecule has 3 N–H and O–H groups in total. The van der Waals surface area contributed by atoms with E-state index in [4.69, 9.17) is 5.73 Å². The minimum Gasteiger partial charge on any atom is -0.393 e. The Bertz CT molecular complexity index is 690. The van der Waals surface area contributed by atoms with E-state index in [0.29, 0.717) is 11.7 Å². The number of anilines is 4. The predicted octanol–water partition coefficient (Wildman–Crippen LogP) is 2.74. The number of nitrogens with one attached hydrogen (secondary N) is 1. The Kier molecular flexibility index (Phi) is 4.59. The van der Waals surface area contributed by atoms with E-state index in [1.54, 1.807) is 6.33 Å². The zero-order valence-corrected chi connectivity index (χ0v) is 14.6. The van der Waals surface area contributed by atoms with Gasteiger partial charge in [-0.1, -0.05) is 31.0 Å². The quantitative estimate of drug-likeness (QED) is 0.893. The largest absolute Gasteiger partial charge is 0.393 e. The first-order chi connectivity index (χ1) is 12.3. The van der Waals surface area contributed by atoms with E-state index in [1.807, 2.05) is 0 Å². The highest BCUT2D eigenvalue weighted by atomic mass is 15.3. The molecule has 6 nitrogen and oxygen atoms in total. The summed E-state index contributed by atoms with van der Waals surface area (Å²) in [5.74, 6) is 1.66. The standard InChI is InChI=1S/C19H26N6/c20-17-18(23-15-6-4-5-7-15)21-14-22-19(17)25-12-10-24(11-13-25)16-8-2-1-3-9-16/h1-3,8-9,14-15H,4-7,10-13,20H2,(H,21,22,23). The summed E-state index contributed by atoms with van der Waals surface area (Å²) in [4.78, 5) is 13.5. The SMILES string of the molecule is Nc1c(NC2CCCC2)ncnc1N1CCN(c2ccccc2)CC1. The molecule has 2 fully saturated rings. The van der Waals surface area contributed by atoms with Crippen LogP contribution in [0.15, 0.2) is 36.7 Å². The molecule has 2 heterocycles. The van der Waals surface area contributed by atoms with Gasteiger partial charge >= 0.3 is 0 Å². The molecule has 0 radical (unpaired) electrons. The molecule has 0 bridgehead atoms. The second-order valence-corrected chi connectivity index (χ2v) is 6.89.